The normalized spacial score (nSPS) is 18.2. The van der Waals surface area contributed by atoms with Gasteiger partial charge in [-0.2, -0.15) is 0 Å². The van der Waals surface area contributed by atoms with E-state index >= 15 is 0 Å². The number of hydrogen-bond donors (Lipinski definition) is 1. The molecule has 0 radical (unpaired) electrons. The lowest BCUT2D eigenvalue weighted by Crippen LogP contribution is -2.23. The average Bonchev–Trinajstić information content (AvgIpc) is 2.81. The Kier molecular flexibility index (Phi) is 5.25. The fourth-order valence-electron chi connectivity index (χ4n) is 3.06. The van der Waals surface area contributed by atoms with E-state index < -0.39 is 0 Å². The molecule has 1 aliphatic rings. The van der Waals surface area contributed by atoms with Crippen LogP contribution >= 0.6 is 15.9 Å². The molecule has 0 spiro atoms. The Morgan fingerprint density at radius 3 is 2.67 bits per heavy atom. The van der Waals surface area contributed by atoms with Crippen LogP contribution in [0.3, 0.4) is 0 Å². The van der Waals surface area contributed by atoms with E-state index in [0.717, 1.165) is 12.5 Å². The van der Waals surface area contributed by atoms with Crippen LogP contribution in [0.1, 0.15) is 56.2 Å². The number of hydrogen-bond acceptors (Lipinski definition) is 1. The van der Waals surface area contributed by atoms with E-state index in [0.29, 0.717) is 6.04 Å². The standard InChI is InChI=1S/C16H24BrN/c1-3-18-16(11-13-6-4-5-7-13)14-9-8-12(2)10-15(14)17/h8-10,13,16,18H,3-7,11H2,1-2H3. The molecule has 100 valence electrons. The predicted molar refractivity (Wildman–Crippen MR) is 81.9 cm³/mol. The third-order valence-electron chi connectivity index (χ3n) is 4.03. The Balaban J connectivity index is 2.12. The first-order valence-electron chi connectivity index (χ1n) is 7.20. The molecule has 1 N–H and O–H groups in total. The molecule has 1 aliphatic carbocycles. The van der Waals surface area contributed by atoms with Gasteiger partial charge in [0.25, 0.3) is 0 Å². The highest BCUT2D eigenvalue weighted by atomic mass is 79.9. The van der Waals surface area contributed by atoms with Gasteiger partial charge in [0, 0.05) is 10.5 Å². The van der Waals surface area contributed by atoms with Crippen molar-refractivity contribution in [1.29, 1.82) is 0 Å². The Morgan fingerprint density at radius 1 is 1.33 bits per heavy atom. The van der Waals surface area contributed by atoms with Gasteiger partial charge in [0.15, 0.2) is 0 Å². The largest absolute Gasteiger partial charge is 0.310 e. The summed E-state index contributed by atoms with van der Waals surface area (Å²) < 4.78 is 1.26. The SMILES string of the molecule is CCNC(CC1CCCC1)c1ccc(C)cc1Br. The first-order valence-corrected chi connectivity index (χ1v) is 7.99. The van der Waals surface area contributed by atoms with Gasteiger partial charge in [0.2, 0.25) is 0 Å². The van der Waals surface area contributed by atoms with E-state index in [1.54, 1.807) is 0 Å². The van der Waals surface area contributed by atoms with Crippen molar-refractivity contribution in [2.24, 2.45) is 5.92 Å². The lowest BCUT2D eigenvalue weighted by atomic mass is 9.93. The summed E-state index contributed by atoms with van der Waals surface area (Å²) in [6, 6.07) is 7.24. The van der Waals surface area contributed by atoms with Gasteiger partial charge in [0.1, 0.15) is 0 Å². The first-order chi connectivity index (χ1) is 8.70. The summed E-state index contributed by atoms with van der Waals surface area (Å²) in [6.07, 6.45) is 6.99. The van der Waals surface area contributed by atoms with Gasteiger partial charge < -0.3 is 5.32 Å². The summed E-state index contributed by atoms with van der Waals surface area (Å²) in [5.41, 5.74) is 2.75. The van der Waals surface area contributed by atoms with E-state index in [2.05, 4.69) is 53.3 Å². The van der Waals surface area contributed by atoms with Gasteiger partial charge in [-0.3, -0.25) is 0 Å². The van der Waals surface area contributed by atoms with E-state index in [-0.39, 0.29) is 0 Å². The van der Waals surface area contributed by atoms with E-state index in [9.17, 15) is 0 Å². The lowest BCUT2D eigenvalue weighted by Gasteiger charge is -2.23. The second kappa shape index (κ2) is 6.72. The third-order valence-corrected chi connectivity index (χ3v) is 4.71. The quantitative estimate of drug-likeness (QED) is 0.808. The van der Waals surface area contributed by atoms with Crippen LogP contribution in [0, 0.1) is 12.8 Å². The number of halogens is 1. The highest BCUT2D eigenvalue weighted by Crippen LogP contribution is 2.35. The summed E-state index contributed by atoms with van der Waals surface area (Å²) in [4.78, 5) is 0. The topological polar surface area (TPSA) is 12.0 Å². The molecule has 0 bridgehead atoms. The van der Waals surface area contributed by atoms with Gasteiger partial charge in [-0.15, -0.1) is 0 Å². The van der Waals surface area contributed by atoms with Crippen molar-refractivity contribution in [2.75, 3.05) is 6.54 Å². The molecular weight excluding hydrogens is 286 g/mol. The van der Waals surface area contributed by atoms with Crippen LogP contribution in [-0.4, -0.2) is 6.54 Å². The molecule has 0 amide bonds. The Hall–Kier alpha value is -0.340. The fourth-order valence-corrected chi connectivity index (χ4v) is 3.83. The highest BCUT2D eigenvalue weighted by Gasteiger charge is 2.21. The van der Waals surface area contributed by atoms with Crippen molar-refractivity contribution in [3.8, 4) is 0 Å². The van der Waals surface area contributed by atoms with Crippen molar-refractivity contribution >= 4 is 15.9 Å². The molecule has 1 fully saturated rings. The first kappa shape index (κ1) is 14.1. The molecule has 0 heterocycles. The van der Waals surface area contributed by atoms with Gasteiger partial charge in [-0.25, -0.2) is 0 Å². The van der Waals surface area contributed by atoms with E-state index in [4.69, 9.17) is 0 Å². The monoisotopic (exact) mass is 309 g/mol. The summed E-state index contributed by atoms with van der Waals surface area (Å²) in [7, 11) is 0. The number of nitrogens with one attached hydrogen (secondary N) is 1. The number of aryl methyl sites for hydroxylation is 1. The molecule has 0 aliphatic heterocycles. The fraction of sp³-hybridized carbons (Fsp3) is 0.625. The minimum atomic E-state index is 0.507. The molecule has 0 saturated heterocycles. The lowest BCUT2D eigenvalue weighted by molar-refractivity contribution is 0.400. The van der Waals surface area contributed by atoms with Crippen LogP contribution in [0.2, 0.25) is 0 Å². The van der Waals surface area contributed by atoms with Crippen LogP contribution in [-0.2, 0) is 0 Å². The average molecular weight is 310 g/mol. The van der Waals surface area contributed by atoms with Crippen molar-refractivity contribution in [1.82, 2.24) is 5.32 Å². The molecule has 1 aromatic rings. The zero-order valence-corrected chi connectivity index (χ0v) is 13.1. The maximum atomic E-state index is 3.73. The third kappa shape index (κ3) is 3.58. The molecule has 0 aromatic heterocycles. The number of rotatable bonds is 5. The van der Waals surface area contributed by atoms with Crippen LogP contribution in [0.5, 0.6) is 0 Å². The smallest absolute Gasteiger partial charge is 0.0333 e. The molecule has 2 heteroatoms. The summed E-state index contributed by atoms with van der Waals surface area (Å²) in [5.74, 6) is 0.919. The van der Waals surface area contributed by atoms with Crippen molar-refractivity contribution in [2.45, 2.75) is 52.0 Å². The summed E-state index contributed by atoms with van der Waals surface area (Å²) in [6.45, 7) is 5.38. The van der Waals surface area contributed by atoms with Gasteiger partial charge in [-0.05, 0) is 43.0 Å². The van der Waals surface area contributed by atoms with E-state index in [1.165, 1.54) is 47.7 Å². The van der Waals surface area contributed by atoms with Crippen LogP contribution in [0.15, 0.2) is 22.7 Å². The predicted octanol–water partition coefficient (Wildman–Crippen LogP) is 4.99. The zero-order valence-electron chi connectivity index (χ0n) is 11.5. The Bertz CT molecular complexity index is 383. The van der Waals surface area contributed by atoms with Gasteiger partial charge in [0.05, 0.1) is 0 Å². The molecule has 1 aromatic carbocycles. The zero-order chi connectivity index (χ0) is 13.0. The number of benzene rings is 1. The van der Waals surface area contributed by atoms with Crippen molar-refractivity contribution in [3.63, 3.8) is 0 Å². The Morgan fingerprint density at radius 2 is 2.06 bits per heavy atom. The molecule has 1 unspecified atom stereocenters. The van der Waals surface area contributed by atoms with E-state index in [1.807, 2.05) is 0 Å². The second-order valence-electron chi connectivity index (χ2n) is 5.52. The minimum absolute atomic E-state index is 0.507. The van der Waals surface area contributed by atoms with Crippen molar-refractivity contribution < 1.29 is 0 Å². The maximum Gasteiger partial charge on any atom is 0.0333 e. The minimum Gasteiger partial charge on any atom is -0.310 e. The molecule has 2 rings (SSSR count). The second-order valence-corrected chi connectivity index (χ2v) is 6.38. The van der Waals surface area contributed by atoms with Crippen LogP contribution < -0.4 is 5.32 Å². The summed E-state index contributed by atoms with van der Waals surface area (Å²) >= 11 is 3.73. The Labute approximate surface area is 119 Å². The molecule has 18 heavy (non-hydrogen) atoms. The van der Waals surface area contributed by atoms with Gasteiger partial charge >= 0.3 is 0 Å². The maximum absolute atomic E-state index is 3.73. The molecule has 1 atom stereocenters. The van der Waals surface area contributed by atoms with Crippen LogP contribution in [0.25, 0.3) is 0 Å². The molecular formula is C16H24BrN. The molecule has 1 saturated carbocycles. The van der Waals surface area contributed by atoms with Crippen LogP contribution in [0.4, 0.5) is 0 Å². The summed E-state index contributed by atoms with van der Waals surface area (Å²) in [5, 5.41) is 3.66. The highest BCUT2D eigenvalue weighted by molar-refractivity contribution is 9.10. The van der Waals surface area contributed by atoms with Gasteiger partial charge in [-0.1, -0.05) is 60.7 Å². The van der Waals surface area contributed by atoms with Crippen molar-refractivity contribution in [3.05, 3.63) is 33.8 Å². The molecule has 1 nitrogen and oxygen atoms in total.